The number of amides is 2. The molecule has 8 heteroatoms. The summed E-state index contributed by atoms with van der Waals surface area (Å²) in [5, 5.41) is 3.33. The number of carbonyl (C=O) groups excluding carboxylic acids is 2. The van der Waals surface area contributed by atoms with Crippen molar-refractivity contribution in [1.82, 2.24) is 15.1 Å². The van der Waals surface area contributed by atoms with E-state index in [9.17, 15) is 9.59 Å². The lowest BCUT2D eigenvalue weighted by molar-refractivity contribution is -0.139. The number of piperidine rings is 1. The molecule has 1 N–H and O–H groups in total. The summed E-state index contributed by atoms with van der Waals surface area (Å²) >= 11 is 3.49. The molecule has 2 amide bonds. The highest BCUT2D eigenvalue weighted by molar-refractivity contribution is 9.10. The molecular formula is C30H39BrClN3O3. The summed E-state index contributed by atoms with van der Waals surface area (Å²) in [4.78, 5) is 30.8. The second-order valence-corrected chi connectivity index (χ2v) is 11.9. The number of nitrogens with zero attached hydrogens (tertiary/aromatic N) is 2. The van der Waals surface area contributed by atoms with Crippen LogP contribution in [0.1, 0.15) is 62.1 Å². The molecule has 2 aliphatic heterocycles. The van der Waals surface area contributed by atoms with Crippen molar-refractivity contribution in [2.45, 2.75) is 57.5 Å². The first-order valence-electron chi connectivity index (χ1n) is 13.7. The van der Waals surface area contributed by atoms with Crippen LogP contribution in [0.2, 0.25) is 0 Å². The van der Waals surface area contributed by atoms with Gasteiger partial charge in [0.25, 0.3) is 0 Å². The molecule has 2 aromatic rings. The third-order valence-corrected chi connectivity index (χ3v) is 9.27. The first-order valence-corrected chi connectivity index (χ1v) is 14.5. The van der Waals surface area contributed by atoms with E-state index in [1.807, 2.05) is 35.2 Å². The molecule has 3 fully saturated rings. The molecule has 0 aromatic heterocycles. The van der Waals surface area contributed by atoms with Crippen LogP contribution < -0.4 is 10.1 Å². The number of methoxy groups -OCH3 is 1. The lowest BCUT2D eigenvalue weighted by Gasteiger charge is -2.38. The third kappa shape index (κ3) is 6.37. The number of hydrogen-bond acceptors (Lipinski definition) is 4. The SMILES string of the molecule is COc1ccccc1C(CCN1CCC2(CC1)CCN(Cc1ccc(Br)cc1)C2=O)NC(=O)C1CCC1.Cl. The van der Waals surface area contributed by atoms with E-state index < -0.39 is 0 Å². The smallest absolute Gasteiger partial charge is 0.229 e. The molecule has 2 saturated heterocycles. The fraction of sp³-hybridized carbons (Fsp3) is 0.533. The first-order chi connectivity index (χ1) is 18.0. The lowest BCUT2D eigenvalue weighted by atomic mass is 9.77. The first kappa shape index (κ1) is 28.9. The number of ether oxygens (including phenoxy) is 1. The van der Waals surface area contributed by atoms with Crippen LogP contribution in [0.4, 0.5) is 0 Å². The standard InChI is InChI=1S/C30H38BrN3O3.ClH/c1-37-27-8-3-2-7-25(27)26(32-28(35)23-5-4-6-23)13-17-33-18-14-30(15-19-33)16-20-34(29(30)36)21-22-9-11-24(31)12-10-22;/h2-3,7-12,23,26H,4-6,13-21H2,1H3,(H,32,35);1H. The molecule has 1 aliphatic carbocycles. The minimum Gasteiger partial charge on any atom is -0.496 e. The van der Waals surface area contributed by atoms with Gasteiger partial charge in [0.05, 0.1) is 18.6 Å². The van der Waals surface area contributed by atoms with Gasteiger partial charge >= 0.3 is 0 Å². The van der Waals surface area contributed by atoms with Crippen molar-refractivity contribution in [2.75, 3.05) is 33.3 Å². The van der Waals surface area contributed by atoms with Crippen LogP contribution in [0.15, 0.2) is 53.0 Å². The molecule has 5 rings (SSSR count). The number of rotatable bonds is 9. The number of para-hydroxylation sites is 1. The molecule has 1 atom stereocenters. The largest absolute Gasteiger partial charge is 0.496 e. The highest BCUT2D eigenvalue weighted by Crippen LogP contribution is 2.42. The van der Waals surface area contributed by atoms with E-state index in [4.69, 9.17) is 4.74 Å². The summed E-state index contributed by atoms with van der Waals surface area (Å²) in [5.74, 6) is 1.47. The minimum absolute atomic E-state index is 0. The van der Waals surface area contributed by atoms with Crippen LogP contribution in [0, 0.1) is 11.3 Å². The summed E-state index contributed by atoms with van der Waals surface area (Å²) < 4.78 is 6.68. The quantitative estimate of drug-likeness (QED) is 0.397. The van der Waals surface area contributed by atoms with Gasteiger partial charge in [0.2, 0.25) is 11.8 Å². The lowest BCUT2D eigenvalue weighted by Crippen LogP contribution is -2.45. The molecule has 1 saturated carbocycles. The highest BCUT2D eigenvalue weighted by atomic mass is 79.9. The third-order valence-electron chi connectivity index (χ3n) is 8.74. The maximum absolute atomic E-state index is 13.4. The van der Waals surface area contributed by atoms with Crippen molar-refractivity contribution < 1.29 is 14.3 Å². The minimum atomic E-state index is -0.202. The Morgan fingerprint density at radius 1 is 1.08 bits per heavy atom. The van der Waals surface area contributed by atoms with Crippen molar-refractivity contribution in [2.24, 2.45) is 11.3 Å². The van der Waals surface area contributed by atoms with E-state index in [2.05, 4.69) is 44.3 Å². The second kappa shape index (κ2) is 12.8. The molecule has 1 spiro atoms. The van der Waals surface area contributed by atoms with Crippen LogP contribution in [-0.2, 0) is 16.1 Å². The summed E-state index contributed by atoms with van der Waals surface area (Å²) in [6.45, 7) is 4.28. The van der Waals surface area contributed by atoms with Gasteiger partial charge in [0.15, 0.2) is 0 Å². The van der Waals surface area contributed by atoms with Gasteiger partial charge in [-0.05, 0) is 75.4 Å². The average molecular weight is 605 g/mol. The van der Waals surface area contributed by atoms with Crippen molar-refractivity contribution in [3.8, 4) is 5.75 Å². The monoisotopic (exact) mass is 603 g/mol. The fourth-order valence-electron chi connectivity index (χ4n) is 6.05. The molecule has 38 heavy (non-hydrogen) atoms. The molecular weight excluding hydrogens is 566 g/mol. The maximum Gasteiger partial charge on any atom is 0.229 e. The van der Waals surface area contributed by atoms with Crippen LogP contribution in [0.3, 0.4) is 0 Å². The molecule has 2 aromatic carbocycles. The summed E-state index contributed by atoms with van der Waals surface area (Å²) in [6.07, 6.45) is 6.74. The van der Waals surface area contributed by atoms with Gasteiger partial charge in [-0.1, -0.05) is 52.7 Å². The Morgan fingerprint density at radius 3 is 2.42 bits per heavy atom. The number of likely N-dealkylation sites (tertiary alicyclic amines) is 2. The number of benzene rings is 2. The number of halogens is 2. The van der Waals surface area contributed by atoms with Crippen LogP contribution in [0.5, 0.6) is 5.75 Å². The Kier molecular flexibility index (Phi) is 9.77. The zero-order chi connectivity index (χ0) is 25.8. The van der Waals surface area contributed by atoms with Crippen LogP contribution >= 0.6 is 28.3 Å². The fourth-order valence-corrected chi connectivity index (χ4v) is 6.32. The van der Waals surface area contributed by atoms with E-state index in [1.54, 1.807) is 7.11 Å². The molecule has 0 radical (unpaired) electrons. The summed E-state index contributed by atoms with van der Waals surface area (Å²) in [5.41, 5.74) is 2.02. The maximum atomic E-state index is 13.4. The molecule has 206 valence electrons. The molecule has 6 nitrogen and oxygen atoms in total. The van der Waals surface area contributed by atoms with Crippen molar-refractivity contribution >= 4 is 40.2 Å². The van der Waals surface area contributed by atoms with E-state index in [0.29, 0.717) is 12.5 Å². The Bertz CT molecular complexity index is 1100. The average Bonchev–Trinajstić information content (AvgIpc) is 3.17. The Balaban J connectivity index is 0.00000336. The predicted molar refractivity (Wildman–Crippen MR) is 155 cm³/mol. The zero-order valence-corrected chi connectivity index (χ0v) is 24.6. The molecule has 1 unspecified atom stereocenters. The van der Waals surface area contributed by atoms with Gasteiger partial charge in [-0.3, -0.25) is 9.59 Å². The van der Waals surface area contributed by atoms with E-state index >= 15 is 0 Å². The predicted octanol–water partition coefficient (Wildman–Crippen LogP) is 5.74. The topological polar surface area (TPSA) is 61.9 Å². The number of nitrogens with one attached hydrogen (secondary N) is 1. The van der Waals surface area contributed by atoms with Gasteiger partial charge < -0.3 is 19.9 Å². The van der Waals surface area contributed by atoms with Gasteiger partial charge in [0.1, 0.15) is 5.75 Å². The summed E-state index contributed by atoms with van der Waals surface area (Å²) in [7, 11) is 1.69. The van der Waals surface area contributed by atoms with E-state index in [1.165, 1.54) is 5.56 Å². The Hall–Kier alpha value is -2.09. The summed E-state index contributed by atoms with van der Waals surface area (Å²) in [6, 6.07) is 16.2. The van der Waals surface area contributed by atoms with Gasteiger partial charge in [0, 0.05) is 35.6 Å². The highest BCUT2D eigenvalue weighted by Gasteiger charge is 2.47. The van der Waals surface area contributed by atoms with Gasteiger partial charge in [-0.15, -0.1) is 12.4 Å². The van der Waals surface area contributed by atoms with Crippen LogP contribution in [0.25, 0.3) is 0 Å². The van der Waals surface area contributed by atoms with Crippen molar-refractivity contribution in [3.63, 3.8) is 0 Å². The second-order valence-electron chi connectivity index (χ2n) is 10.9. The normalized spacial score (nSPS) is 20.1. The van der Waals surface area contributed by atoms with Gasteiger partial charge in [-0.25, -0.2) is 0 Å². The molecule has 0 bridgehead atoms. The number of hydrogen-bond donors (Lipinski definition) is 1. The van der Waals surface area contributed by atoms with Crippen LogP contribution in [-0.4, -0.2) is 54.9 Å². The molecule has 2 heterocycles. The van der Waals surface area contributed by atoms with Gasteiger partial charge in [-0.2, -0.15) is 0 Å². The Labute approximate surface area is 241 Å². The van der Waals surface area contributed by atoms with Crippen molar-refractivity contribution in [3.05, 3.63) is 64.1 Å². The Morgan fingerprint density at radius 2 is 1.76 bits per heavy atom. The molecule has 3 aliphatic rings. The van der Waals surface area contributed by atoms with E-state index in [0.717, 1.165) is 86.9 Å². The number of carbonyl (C=O) groups is 2. The van der Waals surface area contributed by atoms with E-state index in [-0.39, 0.29) is 35.7 Å². The zero-order valence-electron chi connectivity index (χ0n) is 22.2. The van der Waals surface area contributed by atoms with Crippen molar-refractivity contribution in [1.29, 1.82) is 0 Å².